The van der Waals surface area contributed by atoms with Gasteiger partial charge in [-0.15, -0.1) is 0 Å². The second kappa shape index (κ2) is 17.8. The Morgan fingerprint density at radius 2 is 1.25 bits per heavy atom. The average molecular weight is 816 g/mol. The molecule has 0 fully saturated rings. The predicted octanol–water partition coefficient (Wildman–Crippen LogP) is 17.8. The van der Waals surface area contributed by atoms with Gasteiger partial charge in [-0.25, -0.2) is 0 Å². The Labute approximate surface area is 375 Å². The molecule has 2 aliphatic carbocycles. The summed E-state index contributed by atoms with van der Waals surface area (Å²) < 4.78 is 0. The van der Waals surface area contributed by atoms with E-state index in [0.717, 1.165) is 42.7 Å². The van der Waals surface area contributed by atoms with Gasteiger partial charge >= 0.3 is 0 Å². The first-order valence-electron chi connectivity index (χ1n) is 22.7. The number of anilines is 3. The number of nitrogens with zero attached hydrogens (tertiary/aromatic N) is 1. The van der Waals surface area contributed by atoms with Gasteiger partial charge in [0.15, 0.2) is 0 Å². The molecular weight excluding hydrogens is 759 g/mol. The van der Waals surface area contributed by atoms with Crippen molar-refractivity contribution in [3.8, 4) is 44.5 Å². The van der Waals surface area contributed by atoms with E-state index in [9.17, 15) is 0 Å². The van der Waals surface area contributed by atoms with Gasteiger partial charge in [-0.3, -0.25) is 0 Å². The van der Waals surface area contributed by atoms with Crippen molar-refractivity contribution < 1.29 is 0 Å². The van der Waals surface area contributed by atoms with E-state index in [1.165, 1.54) is 89.0 Å². The highest BCUT2D eigenvalue weighted by atomic mass is 15.1. The summed E-state index contributed by atoms with van der Waals surface area (Å²) in [6, 6.07) is 58.7. The largest absolute Gasteiger partial charge is 0.310 e. The quantitative estimate of drug-likeness (QED) is 0.111. The molecule has 0 atom stereocenters. The molecule has 0 amide bonds. The SMILES string of the molecule is C=C/C(=C\CCC)c1ccc2c(c1)C(C)(C)c1ccc(-c3cccc(N(c4ccc(-c5ccc(C)c(C6=C(/C=C/C)CCC=C6)c5)cc4)c4cccc(-c5ccccc5)c4)c3)cc1-2. The van der Waals surface area contributed by atoms with E-state index in [1.54, 1.807) is 0 Å². The van der Waals surface area contributed by atoms with Gasteiger partial charge in [0, 0.05) is 22.5 Å². The van der Waals surface area contributed by atoms with Gasteiger partial charge in [-0.2, -0.15) is 0 Å². The molecule has 7 aromatic carbocycles. The van der Waals surface area contributed by atoms with Gasteiger partial charge in [0.25, 0.3) is 0 Å². The minimum absolute atomic E-state index is 0.107. The van der Waals surface area contributed by atoms with Crippen molar-refractivity contribution in [1.82, 2.24) is 0 Å². The van der Waals surface area contributed by atoms with Crippen LogP contribution in [0.1, 0.15) is 81.2 Å². The van der Waals surface area contributed by atoms with Crippen molar-refractivity contribution in [3.05, 3.63) is 234 Å². The summed E-state index contributed by atoms with van der Waals surface area (Å²) in [6.45, 7) is 15.4. The van der Waals surface area contributed by atoms with Gasteiger partial charge in [-0.05, 0) is 177 Å². The molecular formula is C62H57N. The Hall–Kier alpha value is -6.96. The van der Waals surface area contributed by atoms with Crippen LogP contribution in [0.4, 0.5) is 17.1 Å². The molecule has 0 bridgehead atoms. The molecule has 0 spiro atoms. The monoisotopic (exact) mass is 815 g/mol. The first-order chi connectivity index (χ1) is 30.8. The maximum absolute atomic E-state index is 4.15. The summed E-state index contributed by atoms with van der Waals surface area (Å²) in [7, 11) is 0. The Morgan fingerprint density at radius 1 is 0.619 bits per heavy atom. The van der Waals surface area contributed by atoms with Crippen LogP contribution >= 0.6 is 0 Å². The fourth-order valence-corrected chi connectivity index (χ4v) is 9.67. The second-order valence-corrected chi connectivity index (χ2v) is 17.6. The second-order valence-electron chi connectivity index (χ2n) is 17.6. The first kappa shape index (κ1) is 41.4. The highest BCUT2D eigenvalue weighted by Crippen LogP contribution is 2.51. The van der Waals surface area contributed by atoms with E-state index in [-0.39, 0.29) is 5.41 Å². The zero-order valence-electron chi connectivity index (χ0n) is 37.5. The highest BCUT2D eigenvalue weighted by Gasteiger charge is 2.36. The number of unbranched alkanes of at least 4 members (excludes halogenated alkanes) is 1. The molecule has 1 heteroatoms. The van der Waals surface area contributed by atoms with E-state index in [2.05, 4.69) is 234 Å². The molecule has 63 heavy (non-hydrogen) atoms. The van der Waals surface area contributed by atoms with Crippen molar-refractivity contribution in [2.24, 2.45) is 0 Å². The van der Waals surface area contributed by atoms with Crippen molar-refractivity contribution in [1.29, 1.82) is 0 Å². The van der Waals surface area contributed by atoms with Crippen molar-refractivity contribution in [2.75, 3.05) is 4.90 Å². The summed E-state index contributed by atoms with van der Waals surface area (Å²) in [5, 5.41) is 0. The molecule has 1 nitrogen and oxygen atoms in total. The topological polar surface area (TPSA) is 3.24 Å². The van der Waals surface area contributed by atoms with Crippen LogP contribution in [-0.2, 0) is 5.41 Å². The minimum atomic E-state index is -0.107. The van der Waals surface area contributed by atoms with Crippen LogP contribution in [0.25, 0.3) is 55.7 Å². The Bertz CT molecular complexity index is 2950. The molecule has 7 aromatic rings. The number of aryl methyl sites for hydroxylation is 1. The van der Waals surface area contributed by atoms with Gasteiger partial charge in [0.2, 0.25) is 0 Å². The van der Waals surface area contributed by atoms with Gasteiger partial charge in [0.1, 0.15) is 0 Å². The molecule has 0 heterocycles. The van der Waals surface area contributed by atoms with Crippen LogP contribution in [0.2, 0.25) is 0 Å². The molecule has 310 valence electrons. The standard InChI is InChI=1S/C62H57N/c1-7-10-19-44(9-3)52-32-36-57-59-41-51(33-37-60(59)62(5,6)61(57)42-52)49-24-17-26-55(39-49)63(54-25-16-23-48(38-54)45-20-12-11-13-21-45)53-34-30-46(31-35-53)50-29-28-43(4)58(40-50)56-27-15-14-22-47(56)18-8-2/h8-9,11-13,15-21,23-42H,3,7,10,14,22H2,1-2,4-6H3/b18-8+,44-19+. The zero-order chi connectivity index (χ0) is 43.5. The van der Waals surface area contributed by atoms with Crippen LogP contribution in [0.15, 0.2) is 206 Å². The number of allylic oxidation sites excluding steroid dienone is 9. The molecule has 0 N–H and O–H groups in total. The van der Waals surface area contributed by atoms with Crippen molar-refractivity contribution in [2.45, 2.75) is 65.7 Å². The fourth-order valence-electron chi connectivity index (χ4n) is 9.67. The molecule has 0 saturated heterocycles. The Kier molecular flexibility index (Phi) is 11.7. The van der Waals surface area contributed by atoms with Crippen LogP contribution in [0, 0.1) is 6.92 Å². The van der Waals surface area contributed by atoms with E-state index < -0.39 is 0 Å². The predicted molar refractivity (Wildman–Crippen MR) is 273 cm³/mol. The third-order valence-corrected chi connectivity index (χ3v) is 13.1. The van der Waals surface area contributed by atoms with Crippen LogP contribution in [-0.4, -0.2) is 0 Å². The number of hydrogen-bond donors (Lipinski definition) is 0. The molecule has 0 saturated carbocycles. The lowest BCUT2D eigenvalue weighted by Crippen LogP contribution is -2.15. The molecule has 0 unspecified atom stereocenters. The lowest BCUT2D eigenvalue weighted by Gasteiger charge is -2.27. The maximum Gasteiger partial charge on any atom is 0.0467 e. The third-order valence-electron chi connectivity index (χ3n) is 13.1. The summed E-state index contributed by atoms with van der Waals surface area (Å²) >= 11 is 0. The summed E-state index contributed by atoms with van der Waals surface area (Å²) in [5.41, 5.74) is 23.6. The van der Waals surface area contributed by atoms with Crippen LogP contribution < -0.4 is 4.90 Å². The van der Waals surface area contributed by atoms with Crippen molar-refractivity contribution >= 4 is 28.2 Å². The molecule has 0 aromatic heterocycles. The first-order valence-corrected chi connectivity index (χ1v) is 22.7. The summed E-state index contributed by atoms with van der Waals surface area (Å²) in [6.07, 6.45) is 17.7. The van der Waals surface area contributed by atoms with Crippen LogP contribution in [0.3, 0.4) is 0 Å². The molecule has 0 aliphatic heterocycles. The van der Waals surface area contributed by atoms with Gasteiger partial charge in [0.05, 0.1) is 0 Å². The lowest BCUT2D eigenvalue weighted by molar-refractivity contribution is 0.660. The lowest BCUT2D eigenvalue weighted by atomic mass is 9.81. The number of hydrogen-bond acceptors (Lipinski definition) is 1. The van der Waals surface area contributed by atoms with E-state index in [0.29, 0.717) is 0 Å². The third kappa shape index (κ3) is 8.13. The molecule has 2 aliphatic rings. The zero-order valence-corrected chi connectivity index (χ0v) is 37.5. The Morgan fingerprint density at radius 3 is 1.97 bits per heavy atom. The van der Waals surface area contributed by atoms with Gasteiger partial charge < -0.3 is 4.90 Å². The maximum atomic E-state index is 4.15. The summed E-state index contributed by atoms with van der Waals surface area (Å²) in [5.74, 6) is 0. The van der Waals surface area contributed by atoms with E-state index in [1.807, 2.05) is 6.08 Å². The minimum Gasteiger partial charge on any atom is -0.310 e. The molecule has 9 rings (SSSR count). The Balaban J connectivity index is 1.11. The van der Waals surface area contributed by atoms with E-state index in [4.69, 9.17) is 0 Å². The van der Waals surface area contributed by atoms with Gasteiger partial charge in [-0.1, -0.05) is 173 Å². The number of fused-ring (bicyclic) bond motifs is 3. The fraction of sp³-hybridized carbons (Fsp3) is 0.161. The van der Waals surface area contributed by atoms with Crippen LogP contribution in [0.5, 0.6) is 0 Å². The smallest absolute Gasteiger partial charge is 0.0467 e. The molecule has 0 radical (unpaired) electrons. The summed E-state index contributed by atoms with van der Waals surface area (Å²) in [4.78, 5) is 2.40. The van der Waals surface area contributed by atoms with E-state index >= 15 is 0 Å². The average Bonchev–Trinajstić information content (AvgIpc) is 3.55. The number of benzene rings is 7. The highest BCUT2D eigenvalue weighted by molar-refractivity contribution is 5.89. The van der Waals surface area contributed by atoms with Crippen molar-refractivity contribution in [3.63, 3.8) is 0 Å². The number of rotatable bonds is 12. The normalized spacial score (nSPS) is 14.2.